The molecule has 0 aliphatic carbocycles. The highest BCUT2D eigenvalue weighted by Crippen LogP contribution is 2.47. The molecule has 1 aromatic carbocycles. The zero-order valence-electron chi connectivity index (χ0n) is 11.1. The molecule has 6 heteroatoms. The number of carbonyl (C=O) groups is 1. The minimum Gasteiger partial charge on any atom is -0.338 e. The average molecular weight is 405 g/mol. The van der Waals surface area contributed by atoms with Crippen LogP contribution in [0, 0.1) is 6.92 Å². The second-order valence-corrected chi connectivity index (χ2v) is 6.64. The van der Waals surface area contributed by atoms with Crippen molar-refractivity contribution in [3.63, 3.8) is 0 Å². The van der Waals surface area contributed by atoms with Gasteiger partial charge in [-0.1, -0.05) is 31.9 Å². The van der Waals surface area contributed by atoms with Gasteiger partial charge in [0, 0.05) is 21.9 Å². The topological polar surface area (TPSA) is 38.8 Å². The number of fused-ring (bicyclic) bond motifs is 2. The van der Waals surface area contributed by atoms with Crippen molar-refractivity contribution in [2.45, 2.75) is 19.1 Å². The van der Waals surface area contributed by atoms with Gasteiger partial charge in [0.1, 0.15) is 0 Å². The fourth-order valence-electron chi connectivity index (χ4n) is 2.85. The number of benzene rings is 1. The van der Waals surface area contributed by atoms with Gasteiger partial charge >= 0.3 is 0 Å². The lowest BCUT2D eigenvalue weighted by Gasteiger charge is -2.32. The summed E-state index contributed by atoms with van der Waals surface area (Å²) in [6.45, 7) is 3.68. The fraction of sp³-hybridized carbons (Fsp3) is 0.500. The van der Waals surface area contributed by atoms with Gasteiger partial charge in [0.05, 0.1) is 18.9 Å². The number of hydrogen-bond donors (Lipinski definition) is 0. The molecule has 1 aromatic rings. The predicted molar refractivity (Wildman–Crippen MR) is 83.2 cm³/mol. The molecule has 0 saturated carbocycles. The highest BCUT2D eigenvalue weighted by atomic mass is 79.9. The summed E-state index contributed by atoms with van der Waals surface area (Å²) in [5.41, 5.74) is 2.77. The van der Waals surface area contributed by atoms with Crippen LogP contribution in [0.15, 0.2) is 16.6 Å². The van der Waals surface area contributed by atoms with E-state index in [2.05, 4.69) is 31.9 Å². The number of nitrogens with zero attached hydrogens (tertiary/aromatic N) is 1. The van der Waals surface area contributed by atoms with Crippen molar-refractivity contribution in [1.82, 2.24) is 0 Å². The van der Waals surface area contributed by atoms with E-state index in [-0.39, 0.29) is 5.91 Å². The van der Waals surface area contributed by atoms with Gasteiger partial charge in [-0.15, -0.1) is 0 Å². The molecule has 2 aliphatic rings. The van der Waals surface area contributed by atoms with Crippen molar-refractivity contribution in [3.8, 4) is 0 Å². The van der Waals surface area contributed by atoms with Gasteiger partial charge < -0.3 is 14.4 Å². The van der Waals surface area contributed by atoms with Gasteiger partial charge in [-0.05, 0) is 31.0 Å². The molecule has 3 rings (SSSR count). The van der Waals surface area contributed by atoms with Gasteiger partial charge in [-0.3, -0.25) is 4.79 Å². The smallest absolute Gasteiger partial charge is 0.292 e. The summed E-state index contributed by atoms with van der Waals surface area (Å²) < 4.78 is 12.5. The maximum absolute atomic E-state index is 12.8. The van der Waals surface area contributed by atoms with Crippen LogP contribution >= 0.6 is 31.9 Å². The molecule has 0 atom stereocenters. The number of hydrogen-bond acceptors (Lipinski definition) is 3. The van der Waals surface area contributed by atoms with Crippen LogP contribution in [0.1, 0.15) is 17.5 Å². The van der Waals surface area contributed by atoms with Crippen LogP contribution in [-0.4, -0.2) is 31.0 Å². The molecule has 108 valence electrons. The standard InChI is InChI=1S/C14H15Br2NO3/c1-9-7-10(16)8-11-12(9)17(4-3-15)13(18)14(11)19-5-2-6-20-14/h7-8H,2-6H2,1H3. The lowest BCUT2D eigenvalue weighted by Crippen LogP contribution is -2.47. The first-order valence-corrected chi connectivity index (χ1v) is 8.48. The van der Waals surface area contributed by atoms with Crippen LogP contribution in [0.4, 0.5) is 5.69 Å². The van der Waals surface area contributed by atoms with E-state index >= 15 is 0 Å². The largest absolute Gasteiger partial charge is 0.338 e. The summed E-state index contributed by atoms with van der Waals surface area (Å²) >= 11 is 6.90. The number of carbonyl (C=O) groups excluding carboxylic acids is 1. The highest BCUT2D eigenvalue weighted by Gasteiger charge is 2.55. The van der Waals surface area contributed by atoms with Crippen LogP contribution in [0.3, 0.4) is 0 Å². The van der Waals surface area contributed by atoms with E-state index in [9.17, 15) is 4.79 Å². The zero-order chi connectivity index (χ0) is 14.3. The Kier molecular flexibility index (Phi) is 3.92. The van der Waals surface area contributed by atoms with Crippen LogP contribution in [-0.2, 0) is 20.1 Å². The SMILES string of the molecule is Cc1cc(Br)cc2c1N(CCBr)C(=O)C21OCCCO1. The lowest BCUT2D eigenvalue weighted by molar-refractivity contribution is -0.256. The normalized spacial score (nSPS) is 20.6. The Bertz CT molecular complexity index is 556. The molecule has 0 aromatic heterocycles. The third kappa shape index (κ3) is 2.04. The summed E-state index contributed by atoms with van der Waals surface area (Å²) in [4.78, 5) is 14.6. The molecule has 4 nitrogen and oxygen atoms in total. The van der Waals surface area contributed by atoms with Crippen LogP contribution in [0.25, 0.3) is 0 Å². The highest BCUT2D eigenvalue weighted by molar-refractivity contribution is 9.10. The molecule has 1 saturated heterocycles. The van der Waals surface area contributed by atoms with Gasteiger partial charge in [0.2, 0.25) is 0 Å². The number of ether oxygens (including phenoxy) is 2. The quantitative estimate of drug-likeness (QED) is 0.711. The summed E-state index contributed by atoms with van der Waals surface area (Å²) in [5.74, 6) is -1.36. The van der Waals surface area contributed by atoms with Crippen molar-refractivity contribution in [2.24, 2.45) is 0 Å². The number of amides is 1. The maximum Gasteiger partial charge on any atom is 0.292 e. The third-order valence-corrected chi connectivity index (χ3v) is 4.44. The van der Waals surface area contributed by atoms with Crippen molar-refractivity contribution >= 4 is 43.5 Å². The zero-order valence-corrected chi connectivity index (χ0v) is 14.3. The Hall–Kier alpha value is -0.430. The molecule has 20 heavy (non-hydrogen) atoms. The molecular formula is C14H15Br2NO3. The van der Waals surface area contributed by atoms with Gasteiger partial charge in [-0.25, -0.2) is 0 Å². The Labute approximate surface area is 134 Å². The molecule has 0 N–H and O–H groups in total. The average Bonchev–Trinajstić information content (AvgIpc) is 2.64. The van der Waals surface area contributed by atoms with E-state index < -0.39 is 5.79 Å². The number of anilines is 1. The number of aryl methyl sites for hydroxylation is 1. The monoisotopic (exact) mass is 403 g/mol. The first-order chi connectivity index (χ1) is 9.60. The van der Waals surface area contributed by atoms with E-state index in [4.69, 9.17) is 9.47 Å². The molecule has 2 aliphatic heterocycles. The van der Waals surface area contributed by atoms with Crippen LogP contribution in [0.5, 0.6) is 0 Å². The number of rotatable bonds is 2. The maximum atomic E-state index is 12.8. The third-order valence-electron chi connectivity index (χ3n) is 3.62. The minimum atomic E-state index is -1.25. The first kappa shape index (κ1) is 14.5. The molecule has 0 unspecified atom stereocenters. The van der Waals surface area contributed by atoms with Gasteiger partial charge in [0.15, 0.2) is 0 Å². The molecule has 1 fully saturated rings. The van der Waals surface area contributed by atoms with Gasteiger partial charge in [-0.2, -0.15) is 0 Å². The fourth-order valence-corrected chi connectivity index (χ4v) is 3.78. The van der Waals surface area contributed by atoms with E-state index in [0.717, 1.165) is 27.7 Å². The van der Waals surface area contributed by atoms with E-state index in [1.54, 1.807) is 4.90 Å². The molecule has 1 spiro atoms. The summed E-state index contributed by atoms with van der Waals surface area (Å²) in [6, 6.07) is 3.94. The van der Waals surface area contributed by atoms with E-state index in [1.807, 2.05) is 19.1 Å². The van der Waals surface area contributed by atoms with Crippen LogP contribution < -0.4 is 4.90 Å². The predicted octanol–water partition coefficient (Wildman–Crippen LogP) is 3.09. The Morgan fingerprint density at radius 1 is 1.35 bits per heavy atom. The second-order valence-electron chi connectivity index (χ2n) is 4.93. The molecule has 1 amide bonds. The summed E-state index contributed by atoms with van der Waals surface area (Å²) in [7, 11) is 0. The Morgan fingerprint density at radius 3 is 2.70 bits per heavy atom. The molecule has 0 bridgehead atoms. The van der Waals surface area contributed by atoms with Crippen molar-refractivity contribution < 1.29 is 14.3 Å². The van der Waals surface area contributed by atoms with E-state index in [1.165, 1.54) is 0 Å². The Balaban J connectivity index is 2.18. The molecule has 0 radical (unpaired) electrons. The van der Waals surface area contributed by atoms with E-state index in [0.29, 0.717) is 25.1 Å². The van der Waals surface area contributed by atoms with Crippen molar-refractivity contribution in [3.05, 3.63) is 27.7 Å². The summed E-state index contributed by atoms with van der Waals surface area (Å²) in [6.07, 6.45) is 0.815. The minimum absolute atomic E-state index is 0.118. The number of alkyl halides is 1. The van der Waals surface area contributed by atoms with Crippen molar-refractivity contribution in [2.75, 3.05) is 30.0 Å². The summed E-state index contributed by atoms with van der Waals surface area (Å²) in [5, 5.41) is 0.712. The van der Waals surface area contributed by atoms with Crippen LogP contribution in [0.2, 0.25) is 0 Å². The number of halogens is 2. The van der Waals surface area contributed by atoms with Crippen molar-refractivity contribution in [1.29, 1.82) is 0 Å². The Morgan fingerprint density at radius 2 is 2.05 bits per heavy atom. The van der Waals surface area contributed by atoms with Gasteiger partial charge in [0.25, 0.3) is 11.7 Å². The second kappa shape index (κ2) is 5.40. The first-order valence-electron chi connectivity index (χ1n) is 6.56. The molecule has 2 heterocycles. The molecular weight excluding hydrogens is 390 g/mol. The lowest BCUT2D eigenvalue weighted by atomic mass is 10.0.